The van der Waals surface area contributed by atoms with Crippen molar-refractivity contribution >= 4 is 0 Å². The predicted molar refractivity (Wildman–Crippen MR) is 94.2 cm³/mol. The highest BCUT2D eigenvalue weighted by atomic mass is 19.1. The van der Waals surface area contributed by atoms with Crippen LogP contribution in [0.2, 0.25) is 0 Å². The van der Waals surface area contributed by atoms with Gasteiger partial charge in [0.15, 0.2) is 0 Å². The average Bonchev–Trinajstić information content (AvgIpc) is 3.46. The SMILES string of the molecule is Fc1ccc(Oc2cccc(C3CC3C3CN4CCC3CC4)n2)cc1. The number of aromatic nitrogens is 1. The van der Waals surface area contributed by atoms with E-state index in [0.717, 1.165) is 23.4 Å². The quantitative estimate of drug-likeness (QED) is 0.823. The van der Waals surface area contributed by atoms with E-state index >= 15 is 0 Å². The maximum atomic E-state index is 13.0. The van der Waals surface area contributed by atoms with Crippen molar-refractivity contribution in [1.82, 2.24) is 9.88 Å². The zero-order valence-corrected chi connectivity index (χ0v) is 14.3. The molecule has 0 radical (unpaired) electrons. The van der Waals surface area contributed by atoms with E-state index in [0.29, 0.717) is 17.5 Å². The second-order valence-corrected chi connectivity index (χ2v) is 7.76. The monoisotopic (exact) mass is 338 g/mol. The predicted octanol–water partition coefficient (Wildman–Crippen LogP) is 4.46. The van der Waals surface area contributed by atoms with Crippen molar-refractivity contribution in [2.75, 3.05) is 19.6 Å². The second-order valence-electron chi connectivity index (χ2n) is 7.76. The van der Waals surface area contributed by atoms with Crippen LogP contribution in [0.25, 0.3) is 0 Å². The summed E-state index contributed by atoms with van der Waals surface area (Å²) in [6.45, 7) is 3.90. The lowest BCUT2D eigenvalue weighted by Crippen LogP contribution is -2.48. The lowest BCUT2D eigenvalue weighted by molar-refractivity contribution is 0.0387. The Bertz CT molecular complexity index is 755. The van der Waals surface area contributed by atoms with Gasteiger partial charge in [0.05, 0.1) is 0 Å². The van der Waals surface area contributed by atoms with Gasteiger partial charge in [0.25, 0.3) is 0 Å². The molecule has 0 amide bonds. The molecular weight excluding hydrogens is 315 g/mol. The Labute approximate surface area is 147 Å². The minimum absolute atomic E-state index is 0.257. The van der Waals surface area contributed by atoms with Gasteiger partial charge in [-0.2, -0.15) is 0 Å². The average molecular weight is 338 g/mol. The molecule has 3 nitrogen and oxygen atoms in total. The number of hydrogen-bond donors (Lipinski definition) is 0. The van der Waals surface area contributed by atoms with Gasteiger partial charge in [0, 0.05) is 24.2 Å². The summed E-state index contributed by atoms with van der Waals surface area (Å²) in [7, 11) is 0. The Kier molecular flexibility index (Phi) is 3.74. The van der Waals surface area contributed by atoms with E-state index in [4.69, 9.17) is 9.72 Å². The summed E-state index contributed by atoms with van der Waals surface area (Å²) in [5.41, 5.74) is 1.15. The molecule has 4 aliphatic rings. The third-order valence-electron chi connectivity index (χ3n) is 6.26. The van der Waals surface area contributed by atoms with E-state index in [1.54, 1.807) is 12.1 Å². The van der Waals surface area contributed by atoms with E-state index < -0.39 is 0 Å². The van der Waals surface area contributed by atoms with Crippen molar-refractivity contribution in [2.24, 2.45) is 17.8 Å². The molecule has 3 aliphatic heterocycles. The second kappa shape index (κ2) is 6.10. The number of nitrogens with zero attached hydrogens (tertiary/aromatic N) is 2. The van der Waals surface area contributed by atoms with Gasteiger partial charge in [-0.3, -0.25) is 0 Å². The molecule has 25 heavy (non-hydrogen) atoms. The van der Waals surface area contributed by atoms with E-state index in [1.165, 1.54) is 51.0 Å². The minimum Gasteiger partial charge on any atom is -0.439 e. The van der Waals surface area contributed by atoms with Crippen molar-refractivity contribution in [2.45, 2.75) is 25.2 Å². The molecule has 4 heteroatoms. The number of pyridine rings is 1. The molecule has 2 bridgehead atoms. The number of halogens is 1. The van der Waals surface area contributed by atoms with E-state index in [-0.39, 0.29) is 5.82 Å². The normalized spacial score (nSPS) is 33.2. The number of piperidine rings is 3. The summed E-state index contributed by atoms with van der Waals surface area (Å²) in [6.07, 6.45) is 4.03. The summed E-state index contributed by atoms with van der Waals surface area (Å²) in [4.78, 5) is 7.37. The van der Waals surface area contributed by atoms with E-state index in [2.05, 4.69) is 11.0 Å². The fraction of sp³-hybridized carbons (Fsp3) is 0.476. The summed E-state index contributed by atoms with van der Waals surface area (Å²) in [5.74, 6) is 4.13. The van der Waals surface area contributed by atoms with Gasteiger partial charge in [-0.15, -0.1) is 0 Å². The first-order valence-electron chi connectivity index (χ1n) is 9.39. The molecule has 0 spiro atoms. The van der Waals surface area contributed by atoms with Gasteiger partial charge < -0.3 is 9.64 Å². The molecule has 3 unspecified atom stereocenters. The van der Waals surface area contributed by atoms with Crippen LogP contribution >= 0.6 is 0 Å². The molecule has 130 valence electrons. The molecule has 3 saturated heterocycles. The fourth-order valence-corrected chi connectivity index (χ4v) is 4.84. The Morgan fingerprint density at radius 2 is 1.80 bits per heavy atom. The topological polar surface area (TPSA) is 25.4 Å². The van der Waals surface area contributed by atoms with Gasteiger partial charge in [-0.25, -0.2) is 9.37 Å². The van der Waals surface area contributed by atoms with Gasteiger partial charge in [-0.05, 0) is 80.4 Å². The van der Waals surface area contributed by atoms with Gasteiger partial charge in [0.2, 0.25) is 5.88 Å². The maximum absolute atomic E-state index is 13.0. The molecule has 4 heterocycles. The molecule has 1 saturated carbocycles. The van der Waals surface area contributed by atoms with Crippen molar-refractivity contribution in [3.8, 4) is 11.6 Å². The molecule has 1 aromatic heterocycles. The number of ether oxygens (including phenoxy) is 1. The first kappa shape index (κ1) is 15.3. The maximum Gasteiger partial charge on any atom is 0.219 e. The highest BCUT2D eigenvalue weighted by Gasteiger charge is 2.50. The van der Waals surface area contributed by atoms with Crippen LogP contribution < -0.4 is 4.74 Å². The third-order valence-corrected chi connectivity index (χ3v) is 6.26. The van der Waals surface area contributed by atoms with Gasteiger partial charge >= 0.3 is 0 Å². The first-order valence-corrected chi connectivity index (χ1v) is 9.39. The standard InChI is InChI=1S/C21H23FN2O/c22-15-4-6-16(7-5-15)25-21-3-1-2-20(23-21)18-12-17(18)19-13-24-10-8-14(19)9-11-24/h1-7,14,17-19H,8-13H2. The Morgan fingerprint density at radius 3 is 2.52 bits per heavy atom. The molecular formula is C21H23FN2O. The lowest BCUT2D eigenvalue weighted by Gasteiger charge is -2.45. The van der Waals surface area contributed by atoms with Crippen molar-refractivity contribution in [3.05, 3.63) is 54.0 Å². The van der Waals surface area contributed by atoms with Crippen molar-refractivity contribution < 1.29 is 9.13 Å². The van der Waals surface area contributed by atoms with Crippen LogP contribution in [0, 0.1) is 23.6 Å². The van der Waals surface area contributed by atoms with Crippen LogP contribution in [0.5, 0.6) is 11.6 Å². The number of benzene rings is 1. The van der Waals surface area contributed by atoms with Crippen LogP contribution in [0.15, 0.2) is 42.5 Å². The molecule has 0 N–H and O–H groups in total. The molecule has 1 aliphatic carbocycles. The zero-order chi connectivity index (χ0) is 16.8. The highest BCUT2D eigenvalue weighted by Crippen LogP contribution is 2.56. The highest BCUT2D eigenvalue weighted by molar-refractivity contribution is 5.30. The number of rotatable bonds is 4. The summed E-state index contributed by atoms with van der Waals surface area (Å²) in [5, 5.41) is 0. The smallest absolute Gasteiger partial charge is 0.219 e. The Morgan fingerprint density at radius 1 is 1.00 bits per heavy atom. The van der Waals surface area contributed by atoms with E-state index in [1.807, 2.05) is 12.1 Å². The summed E-state index contributed by atoms with van der Waals surface area (Å²) < 4.78 is 18.8. The first-order chi connectivity index (χ1) is 12.3. The Balaban J connectivity index is 1.28. The summed E-state index contributed by atoms with van der Waals surface area (Å²) >= 11 is 0. The minimum atomic E-state index is -0.257. The molecule has 6 rings (SSSR count). The van der Waals surface area contributed by atoms with Crippen LogP contribution in [0.4, 0.5) is 4.39 Å². The summed E-state index contributed by atoms with van der Waals surface area (Å²) in [6, 6.07) is 12.1. The van der Waals surface area contributed by atoms with Crippen LogP contribution in [-0.4, -0.2) is 29.5 Å². The lowest BCUT2D eigenvalue weighted by atomic mass is 9.76. The fourth-order valence-electron chi connectivity index (χ4n) is 4.84. The molecule has 4 fully saturated rings. The number of fused-ring (bicyclic) bond motifs is 3. The van der Waals surface area contributed by atoms with Crippen LogP contribution in [0.3, 0.4) is 0 Å². The van der Waals surface area contributed by atoms with E-state index in [9.17, 15) is 4.39 Å². The number of hydrogen-bond acceptors (Lipinski definition) is 3. The molecule has 1 aromatic carbocycles. The molecule has 2 aromatic rings. The zero-order valence-electron chi connectivity index (χ0n) is 14.3. The van der Waals surface area contributed by atoms with Crippen LogP contribution in [-0.2, 0) is 0 Å². The third kappa shape index (κ3) is 3.04. The van der Waals surface area contributed by atoms with Gasteiger partial charge in [0.1, 0.15) is 11.6 Å². The molecule has 3 atom stereocenters. The Hall–Kier alpha value is -1.94. The van der Waals surface area contributed by atoms with Crippen molar-refractivity contribution in [1.29, 1.82) is 0 Å². The van der Waals surface area contributed by atoms with Gasteiger partial charge in [-0.1, -0.05) is 6.07 Å². The van der Waals surface area contributed by atoms with Crippen LogP contribution in [0.1, 0.15) is 30.9 Å². The largest absolute Gasteiger partial charge is 0.439 e. The van der Waals surface area contributed by atoms with Crippen molar-refractivity contribution in [3.63, 3.8) is 0 Å².